The molecule has 0 aliphatic rings. The van der Waals surface area contributed by atoms with E-state index in [1.54, 1.807) is 7.11 Å². The number of nitrogens with two attached hydrogens (primary N) is 1. The highest BCUT2D eigenvalue weighted by molar-refractivity contribution is 7.14. The quantitative estimate of drug-likeness (QED) is 0.798. The van der Waals surface area contributed by atoms with Crippen LogP contribution in [-0.2, 0) is 4.74 Å². The molecule has 1 atom stereocenters. The molecule has 0 saturated heterocycles. The maximum Gasteiger partial charge on any atom is 0.270 e. The van der Waals surface area contributed by atoms with Crippen LogP contribution < -0.4 is 5.73 Å². The number of aromatic nitrogens is 2. The zero-order chi connectivity index (χ0) is 13.9. The second-order valence-corrected chi connectivity index (χ2v) is 5.11. The highest BCUT2D eigenvalue weighted by Gasteiger charge is 2.21. The molecule has 1 unspecified atom stereocenters. The smallest absolute Gasteiger partial charge is 0.270 e. The number of methoxy groups -OCH3 is 1. The Morgan fingerprint density at radius 1 is 1.25 bits per heavy atom. The second kappa shape index (κ2) is 5.44. The number of nitrogens with zero attached hydrogens (tertiary/aromatic N) is 2. The van der Waals surface area contributed by atoms with Crippen LogP contribution in [0.2, 0.25) is 0 Å². The SMILES string of the molecule is COC(c1ccccc1)c1noc(-c2sccc2N)n1. The minimum absolute atomic E-state index is 0.352. The summed E-state index contributed by atoms with van der Waals surface area (Å²) in [6, 6.07) is 11.6. The number of ether oxygens (including phenoxy) is 1. The number of benzene rings is 1. The Morgan fingerprint density at radius 2 is 2.05 bits per heavy atom. The molecular weight excluding hydrogens is 274 g/mol. The Balaban J connectivity index is 1.95. The van der Waals surface area contributed by atoms with Gasteiger partial charge in [-0.3, -0.25) is 0 Å². The van der Waals surface area contributed by atoms with Crippen LogP contribution in [0.25, 0.3) is 10.8 Å². The topological polar surface area (TPSA) is 74.2 Å². The van der Waals surface area contributed by atoms with E-state index in [4.69, 9.17) is 15.0 Å². The second-order valence-electron chi connectivity index (χ2n) is 4.19. The van der Waals surface area contributed by atoms with E-state index in [1.165, 1.54) is 11.3 Å². The standard InChI is InChI=1S/C14H13N3O2S/c1-18-11(9-5-3-2-4-6-9)13-16-14(19-17-13)12-10(15)7-8-20-12/h2-8,11H,15H2,1H3. The Bertz CT molecular complexity index is 693. The van der Waals surface area contributed by atoms with Gasteiger partial charge in [-0.2, -0.15) is 4.98 Å². The van der Waals surface area contributed by atoms with Crippen molar-refractivity contribution in [1.82, 2.24) is 10.1 Å². The van der Waals surface area contributed by atoms with Crippen molar-refractivity contribution in [2.45, 2.75) is 6.10 Å². The molecule has 2 N–H and O–H groups in total. The normalized spacial score (nSPS) is 12.4. The van der Waals surface area contributed by atoms with Gasteiger partial charge in [0, 0.05) is 7.11 Å². The van der Waals surface area contributed by atoms with Crippen LogP contribution in [0, 0.1) is 0 Å². The molecule has 102 valence electrons. The first-order chi connectivity index (χ1) is 9.79. The van der Waals surface area contributed by atoms with Gasteiger partial charge in [-0.05, 0) is 17.0 Å². The molecule has 0 radical (unpaired) electrons. The van der Waals surface area contributed by atoms with E-state index in [9.17, 15) is 0 Å². The summed E-state index contributed by atoms with van der Waals surface area (Å²) in [6.07, 6.45) is -0.352. The van der Waals surface area contributed by atoms with Crippen LogP contribution in [0.4, 0.5) is 5.69 Å². The molecular formula is C14H13N3O2S. The van der Waals surface area contributed by atoms with Gasteiger partial charge in [-0.1, -0.05) is 35.5 Å². The van der Waals surface area contributed by atoms with E-state index >= 15 is 0 Å². The van der Waals surface area contributed by atoms with Crippen molar-refractivity contribution in [2.24, 2.45) is 0 Å². The zero-order valence-corrected chi connectivity index (χ0v) is 11.6. The van der Waals surface area contributed by atoms with E-state index in [-0.39, 0.29) is 6.10 Å². The van der Waals surface area contributed by atoms with Gasteiger partial charge in [0.25, 0.3) is 5.89 Å². The molecule has 1 aromatic carbocycles. The number of hydrogen-bond acceptors (Lipinski definition) is 6. The van der Waals surface area contributed by atoms with Crippen LogP contribution >= 0.6 is 11.3 Å². The first-order valence-corrected chi connectivity index (χ1v) is 6.92. The molecule has 0 aliphatic heterocycles. The van der Waals surface area contributed by atoms with Crippen LogP contribution in [0.3, 0.4) is 0 Å². The summed E-state index contributed by atoms with van der Waals surface area (Å²) in [7, 11) is 1.62. The lowest BCUT2D eigenvalue weighted by atomic mass is 10.1. The van der Waals surface area contributed by atoms with Gasteiger partial charge in [-0.15, -0.1) is 11.3 Å². The summed E-state index contributed by atoms with van der Waals surface area (Å²) < 4.78 is 10.8. The van der Waals surface area contributed by atoms with E-state index in [1.807, 2.05) is 41.8 Å². The number of nitrogen functional groups attached to an aromatic ring is 1. The molecule has 0 spiro atoms. The minimum Gasteiger partial charge on any atom is -0.397 e. The Hall–Kier alpha value is -2.18. The lowest BCUT2D eigenvalue weighted by molar-refractivity contribution is 0.126. The Kier molecular flexibility index (Phi) is 3.49. The van der Waals surface area contributed by atoms with Gasteiger partial charge >= 0.3 is 0 Å². The molecule has 3 rings (SSSR count). The third-order valence-corrected chi connectivity index (χ3v) is 3.82. The van der Waals surface area contributed by atoms with Crippen LogP contribution in [0.5, 0.6) is 0 Å². The molecule has 5 nitrogen and oxygen atoms in total. The van der Waals surface area contributed by atoms with E-state index in [0.29, 0.717) is 17.4 Å². The molecule has 0 aliphatic carbocycles. The van der Waals surface area contributed by atoms with Gasteiger partial charge in [0.1, 0.15) is 11.0 Å². The van der Waals surface area contributed by atoms with Crippen molar-refractivity contribution in [3.63, 3.8) is 0 Å². The van der Waals surface area contributed by atoms with Crippen molar-refractivity contribution in [2.75, 3.05) is 12.8 Å². The predicted molar refractivity (Wildman–Crippen MR) is 77.3 cm³/mol. The highest BCUT2D eigenvalue weighted by atomic mass is 32.1. The first-order valence-electron chi connectivity index (χ1n) is 6.04. The summed E-state index contributed by atoms with van der Waals surface area (Å²) in [6.45, 7) is 0. The number of rotatable bonds is 4. The maximum absolute atomic E-state index is 5.85. The molecule has 6 heteroatoms. The molecule has 2 aromatic heterocycles. The van der Waals surface area contributed by atoms with Crippen molar-refractivity contribution >= 4 is 17.0 Å². The van der Waals surface area contributed by atoms with Gasteiger partial charge in [0.05, 0.1) is 5.69 Å². The summed E-state index contributed by atoms with van der Waals surface area (Å²) in [5.41, 5.74) is 7.46. The van der Waals surface area contributed by atoms with Gasteiger partial charge in [-0.25, -0.2) is 0 Å². The fourth-order valence-corrected chi connectivity index (χ4v) is 2.68. The summed E-state index contributed by atoms with van der Waals surface area (Å²) in [5.74, 6) is 0.909. The van der Waals surface area contributed by atoms with E-state index in [2.05, 4.69) is 10.1 Å². The van der Waals surface area contributed by atoms with Crippen LogP contribution in [-0.4, -0.2) is 17.3 Å². The average Bonchev–Trinajstić information content (AvgIpc) is 3.10. The number of anilines is 1. The van der Waals surface area contributed by atoms with E-state index in [0.717, 1.165) is 10.4 Å². The van der Waals surface area contributed by atoms with Crippen molar-refractivity contribution in [1.29, 1.82) is 0 Å². The first kappa shape index (κ1) is 12.8. The molecule has 0 amide bonds. The summed E-state index contributed by atoms with van der Waals surface area (Å²) in [4.78, 5) is 5.17. The molecule has 0 bridgehead atoms. The largest absolute Gasteiger partial charge is 0.397 e. The zero-order valence-electron chi connectivity index (χ0n) is 10.8. The van der Waals surface area contributed by atoms with Crippen molar-refractivity contribution in [3.8, 4) is 10.8 Å². The van der Waals surface area contributed by atoms with Crippen molar-refractivity contribution in [3.05, 3.63) is 53.2 Å². The maximum atomic E-state index is 5.85. The van der Waals surface area contributed by atoms with Gasteiger partial charge in [0.15, 0.2) is 0 Å². The Labute approximate surface area is 120 Å². The summed E-state index contributed by atoms with van der Waals surface area (Å²) >= 11 is 1.47. The molecule has 0 saturated carbocycles. The Morgan fingerprint density at radius 3 is 2.70 bits per heavy atom. The fourth-order valence-electron chi connectivity index (χ4n) is 1.94. The third-order valence-electron chi connectivity index (χ3n) is 2.90. The highest BCUT2D eigenvalue weighted by Crippen LogP contribution is 2.32. The fraction of sp³-hybridized carbons (Fsp3) is 0.143. The van der Waals surface area contributed by atoms with Gasteiger partial charge < -0.3 is 15.0 Å². The molecule has 20 heavy (non-hydrogen) atoms. The van der Waals surface area contributed by atoms with E-state index < -0.39 is 0 Å². The lowest BCUT2D eigenvalue weighted by Gasteiger charge is -2.10. The lowest BCUT2D eigenvalue weighted by Crippen LogP contribution is -2.05. The predicted octanol–water partition coefficient (Wildman–Crippen LogP) is 3.12. The number of thiophene rings is 1. The average molecular weight is 287 g/mol. The summed E-state index contributed by atoms with van der Waals surface area (Å²) in [5, 5.41) is 5.89. The van der Waals surface area contributed by atoms with Crippen molar-refractivity contribution < 1.29 is 9.26 Å². The molecule has 2 heterocycles. The number of hydrogen-bond donors (Lipinski definition) is 1. The van der Waals surface area contributed by atoms with Crippen LogP contribution in [0.15, 0.2) is 46.3 Å². The van der Waals surface area contributed by atoms with Gasteiger partial charge in [0.2, 0.25) is 5.82 Å². The monoisotopic (exact) mass is 287 g/mol. The molecule has 0 fully saturated rings. The minimum atomic E-state index is -0.352. The van der Waals surface area contributed by atoms with Crippen LogP contribution in [0.1, 0.15) is 17.5 Å². The third kappa shape index (κ3) is 2.31. The molecule has 3 aromatic rings.